The van der Waals surface area contributed by atoms with Crippen LogP contribution in [0.5, 0.6) is 0 Å². The molecule has 1 amide bonds. The normalized spacial score (nSPS) is 10.2. The fraction of sp³-hybridized carbons (Fsp3) is 0. The second-order valence-electron chi connectivity index (χ2n) is 3.95. The average molecular weight is 329 g/mol. The number of benzene rings is 1. The molecule has 1 aromatic heterocycles. The minimum atomic E-state index is -1.17. The predicted molar refractivity (Wildman–Crippen MR) is 75.6 cm³/mol. The van der Waals surface area contributed by atoms with Crippen LogP contribution in [-0.2, 0) is 0 Å². The van der Waals surface area contributed by atoms with Gasteiger partial charge in [-0.05, 0) is 24.3 Å². The fourth-order valence-corrected chi connectivity index (χ4v) is 1.88. The van der Waals surface area contributed by atoms with Gasteiger partial charge >= 0.3 is 5.97 Å². The van der Waals surface area contributed by atoms with Gasteiger partial charge in [0.05, 0.1) is 28.0 Å². The van der Waals surface area contributed by atoms with E-state index < -0.39 is 17.7 Å². The standard InChI is InChI=1S/C13H7Cl2FN2O3/c14-9-2-1-6(13(20)21)3-10(9)18-12(19)8-4-7(16)5-17-11(8)15/h1-5H,(H,18,19)(H,20,21). The molecule has 2 aromatic rings. The summed E-state index contributed by atoms with van der Waals surface area (Å²) in [5, 5.41) is 11.2. The van der Waals surface area contributed by atoms with Crippen LogP contribution in [0.15, 0.2) is 30.5 Å². The maximum atomic E-state index is 13.1. The predicted octanol–water partition coefficient (Wildman–Crippen LogP) is 3.48. The molecule has 0 fully saturated rings. The van der Waals surface area contributed by atoms with E-state index in [1.165, 1.54) is 18.2 Å². The van der Waals surface area contributed by atoms with E-state index in [2.05, 4.69) is 10.3 Å². The van der Waals surface area contributed by atoms with Crippen LogP contribution in [0.1, 0.15) is 20.7 Å². The zero-order chi connectivity index (χ0) is 15.6. The molecule has 1 heterocycles. The van der Waals surface area contributed by atoms with Crippen molar-refractivity contribution in [2.75, 3.05) is 5.32 Å². The third kappa shape index (κ3) is 3.48. The zero-order valence-corrected chi connectivity index (χ0v) is 11.7. The van der Waals surface area contributed by atoms with Crippen LogP contribution in [-0.4, -0.2) is 22.0 Å². The molecule has 0 aliphatic rings. The molecule has 1 aromatic carbocycles. The maximum Gasteiger partial charge on any atom is 0.335 e. The summed E-state index contributed by atoms with van der Waals surface area (Å²) in [7, 11) is 0. The van der Waals surface area contributed by atoms with Gasteiger partial charge in [0.2, 0.25) is 0 Å². The van der Waals surface area contributed by atoms with Crippen LogP contribution in [0.2, 0.25) is 10.2 Å². The van der Waals surface area contributed by atoms with Gasteiger partial charge in [0.15, 0.2) is 0 Å². The van der Waals surface area contributed by atoms with Gasteiger partial charge < -0.3 is 10.4 Å². The monoisotopic (exact) mass is 328 g/mol. The molecular weight excluding hydrogens is 322 g/mol. The molecule has 0 atom stereocenters. The van der Waals surface area contributed by atoms with Crippen molar-refractivity contribution in [2.24, 2.45) is 0 Å². The Hall–Kier alpha value is -2.18. The first-order chi connectivity index (χ1) is 9.88. The minimum Gasteiger partial charge on any atom is -0.478 e. The van der Waals surface area contributed by atoms with Crippen molar-refractivity contribution in [2.45, 2.75) is 0 Å². The number of carbonyl (C=O) groups excluding carboxylic acids is 1. The number of aromatic carboxylic acids is 1. The van der Waals surface area contributed by atoms with E-state index in [9.17, 15) is 14.0 Å². The Kier molecular flexibility index (Phi) is 4.40. The van der Waals surface area contributed by atoms with Crippen molar-refractivity contribution in [3.63, 3.8) is 0 Å². The molecule has 0 aliphatic heterocycles. The topological polar surface area (TPSA) is 79.3 Å². The SMILES string of the molecule is O=C(O)c1ccc(Cl)c(NC(=O)c2cc(F)cnc2Cl)c1. The lowest BCUT2D eigenvalue weighted by Crippen LogP contribution is -2.14. The zero-order valence-electron chi connectivity index (χ0n) is 10.2. The van der Waals surface area contributed by atoms with E-state index >= 15 is 0 Å². The highest BCUT2D eigenvalue weighted by Gasteiger charge is 2.15. The Balaban J connectivity index is 2.33. The van der Waals surface area contributed by atoms with Crippen LogP contribution in [0.25, 0.3) is 0 Å². The Morgan fingerprint density at radius 3 is 2.62 bits per heavy atom. The summed E-state index contributed by atoms with van der Waals surface area (Å²) in [6.45, 7) is 0. The van der Waals surface area contributed by atoms with E-state index in [1.807, 2.05) is 0 Å². The van der Waals surface area contributed by atoms with Gasteiger partial charge in [-0.25, -0.2) is 14.2 Å². The Morgan fingerprint density at radius 2 is 1.95 bits per heavy atom. The van der Waals surface area contributed by atoms with Crippen LogP contribution in [0.3, 0.4) is 0 Å². The quantitative estimate of drug-likeness (QED) is 0.845. The first kappa shape index (κ1) is 15.2. The molecule has 0 saturated heterocycles. The lowest BCUT2D eigenvalue weighted by molar-refractivity contribution is 0.0696. The summed E-state index contributed by atoms with van der Waals surface area (Å²) in [4.78, 5) is 26.4. The third-order valence-electron chi connectivity index (χ3n) is 2.51. The van der Waals surface area contributed by atoms with Gasteiger partial charge in [-0.15, -0.1) is 0 Å². The van der Waals surface area contributed by atoms with Crippen molar-refractivity contribution in [1.29, 1.82) is 0 Å². The molecule has 2 N–H and O–H groups in total. The number of carboxylic acid groups (broad SMARTS) is 1. The largest absolute Gasteiger partial charge is 0.478 e. The molecule has 0 spiro atoms. The molecule has 0 bridgehead atoms. The number of halogens is 3. The van der Waals surface area contributed by atoms with Crippen LogP contribution < -0.4 is 5.32 Å². The number of pyridine rings is 1. The number of carboxylic acids is 1. The van der Waals surface area contributed by atoms with Crippen molar-refractivity contribution in [1.82, 2.24) is 4.98 Å². The van der Waals surface area contributed by atoms with E-state index in [0.717, 1.165) is 12.3 Å². The number of nitrogens with zero attached hydrogens (tertiary/aromatic N) is 1. The van der Waals surface area contributed by atoms with Crippen molar-refractivity contribution in [3.8, 4) is 0 Å². The van der Waals surface area contributed by atoms with Crippen LogP contribution >= 0.6 is 23.2 Å². The smallest absolute Gasteiger partial charge is 0.335 e. The Bertz CT molecular complexity index is 737. The highest BCUT2D eigenvalue weighted by molar-refractivity contribution is 6.35. The van der Waals surface area contributed by atoms with Gasteiger partial charge in [-0.2, -0.15) is 0 Å². The van der Waals surface area contributed by atoms with E-state index in [1.54, 1.807) is 0 Å². The maximum absolute atomic E-state index is 13.1. The number of rotatable bonds is 3. The van der Waals surface area contributed by atoms with Crippen LogP contribution in [0.4, 0.5) is 10.1 Å². The molecule has 0 unspecified atom stereocenters. The summed E-state index contributed by atoms with van der Waals surface area (Å²) >= 11 is 11.6. The molecular formula is C13H7Cl2FN2O3. The molecule has 0 aliphatic carbocycles. The highest BCUT2D eigenvalue weighted by Crippen LogP contribution is 2.24. The summed E-state index contributed by atoms with van der Waals surface area (Å²) in [6.07, 6.45) is 0.872. The molecule has 8 heteroatoms. The molecule has 21 heavy (non-hydrogen) atoms. The van der Waals surface area contributed by atoms with Gasteiger partial charge in [0.1, 0.15) is 11.0 Å². The Morgan fingerprint density at radius 1 is 1.24 bits per heavy atom. The number of aromatic nitrogens is 1. The molecule has 5 nitrogen and oxygen atoms in total. The van der Waals surface area contributed by atoms with Crippen LogP contribution in [0, 0.1) is 5.82 Å². The van der Waals surface area contributed by atoms with E-state index in [-0.39, 0.29) is 27.0 Å². The minimum absolute atomic E-state index is 0.0573. The lowest BCUT2D eigenvalue weighted by Gasteiger charge is -2.09. The lowest BCUT2D eigenvalue weighted by atomic mass is 10.2. The van der Waals surface area contributed by atoms with Gasteiger partial charge in [-0.3, -0.25) is 4.79 Å². The van der Waals surface area contributed by atoms with Crippen molar-refractivity contribution in [3.05, 3.63) is 57.6 Å². The van der Waals surface area contributed by atoms with Gasteiger partial charge in [0.25, 0.3) is 5.91 Å². The van der Waals surface area contributed by atoms with Crippen molar-refractivity contribution >= 4 is 40.8 Å². The van der Waals surface area contributed by atoms with E-state index in [4.69, 9.17) is 28.3 Å². The summed E-state index contributed by atoms with van der Waals surface area (Å²) < 4.78 is 13.1. The number of hydrogen-bond acceptors (Lipinski definition) is 3. The number of carbonyl (C=O) groups is 2. The number of amides is 1. The average Bonchev–Trinajstić information content (AvgIpc) is 2.43. The fourth-order valence-electron chi connectivity index (χ4n) is 1.53. The van der Waals surface area contributed by atoms with Gasteiger partial charge in [0, 0.05) is 0 Å². The second kappa shape index (κ2) is 6.07. The van der Waals surface area contributed by atoms with Crippen molar-refractivity contribution < 1.29 is 19.1 Å². The second-order valence-corrected chi connectivity index (χ2v) is 4.71. The molecule has 108 valence electrons. The number of nitrogens with one attached hydrogen (secondary N) is 1. The van der Waals surface area contributed by atoms with E-state index in [0.29, 0.717) is 0 Å². The number of anilines is 1. The summed E-state index contributed by atoms with van der Waals surface area (Å²) in [5.41, 5.74) is -0.173. The third-order valence-corrected chi connectivity index (χ3v) is 3.14. The molecule has 2 rings (SSSR count). The number of hydrogen-bond donors (Lipinski definition) is 2. The highest BCUT2D eigenvalue weighted by atomic mass is 35.5. The first-order valence-corrected chi connectivity index (χ1v) is 6.29. The summed E-state index contributed by atoms with van der Waals surface area (Å²) in [5.74, 6) is -2.65. The first-order valence-electron chi connectivity index (χ1n) is 5.53. The Labute approximate surface area is 128 Å². The summed E-state index contributed by atoms with van der Waals surface area (Å²) in [6, 6.07) is 4.71. The van der Waals surface area contributed by atoms with Gasteiger partial charge in [-0.1, -0.05) is 23.2 Å². The molecule has 0 radical (unpaired) electrons. The molecule has 0 saturated carbocycles.